The van der Waals surface area contributed by atoms with Crippen LogP contribution in [0.4, 0.5) is 5.69 Å². The van der Waals surface area contributed by atoms with Crippen molar-refractivity contribution in [3.05, 3.63) is 88.0 Å². The molecular weight excluding hydrogens is 458 g/mol. The fourth-order valence-electron chi connectivity index (χ4n) is 5.01. The van der Waals surface area contributed by atoms with Gasteiger partial charge in [0.2, 0.25) is 0 Å². The summed E-state index contributed by atoms with van der Waals surface area (Å²) in [6.07, 6.45) is 1.34. The van der Waals surface area contributed by atoms with Gasteiger partial charge in [-0.15, -0.1) is 0 Å². The summed E-state index contributed by atoms with van der Waals surface area (Å²) < 4.78 is 16.8. The van der Waals surface area contributed by atoms with Crippen molar-refractivity contribution >= 4 is 5.69 Å². The van der Waals surface area contributed by atoms with Gasteiger partial charge in [0.1, 0.15) is 17.8 Å². The Labute approximate surface area is 211 Å². The predicted molar refractivity (Wildman–Crippen MR) is 138 cm³/mol. The Morgan fingerprint density at radius 2 is 1.69 bits per heavy atom. The van der Waals surface area contributed by atoms with Gasteiger partial charge in [-0.05, 0) is 17.7 Å². The highest BCUT2D eigenvalue weighted by Gasteiger charge is 2.26. The Hall–Kier alpha value is -3.33. The van der Waals surface area contributed by atoms with Crippen LogP contribution in [0.25, 0.3) is 0 Å². The number of methoxy groups -OCH3 is 1. The Morgan fingerprint density at radius 3 is 2.47 bits per heavy atom. The average molecular weight is 492 g/mol. The number of rotatable bonds is 7. The Balaban J connectivity index is 1.23. The minimum absolute atomic E-state index is 0.0427. The Kier molecular flexibility index (Phi) is 7.55. The molecule has 0 bridgehead atoms. The van der Waals surface area contributed by atoms with Crippen molar-refractivity contribution in [3.8, 4) is 11.5 Å². The first-order valence-corrected chi connectivity index (χ1v) is 12.4. The Morgan fingerprint density at radius 1 is 0.944 bits per heavy atom. The zero-order valence-corrected chi connectivity index (χ0v) is 20.6. The molecule has 1 atom stereocenters. The molecule has 8 nitrogen and oxygen atoms in total. The van der Waals surface area contributed by atoms with Crippen molar-refractivity contribution in [1.82, 2.24) is 9.80 Å². The second kappa shape index (κ2) is 11.2. The molecular formula is C28H33N3O5. The zero-order valence-electron chi connectivity index (χ0n) is 20.6. The summed E-state index contributed by atoms with van der Waals surface area (Å²) in [5, 5.41) is 11.0. The van der Waals surface area contributed by atoms with Crippen LogP contribution in [-0.4, -0.2) is 67.9 Å². The number of aromatic hydroxyl groups is 1. The molecule has 2 aliphatic heterocycles. The molecule has 0 amide bonds. The van der Waals surface area contributed by atoms with Crippen molar-refractivity contribution in [3.63, 3.8) is 0 Å². The lowest BCUT2D eigenvalue weighted by atomic mass is 10.1. The van der Waals surface area contributed by atoms with E-state index in [0.29, 0.717) is 43.9 Å². The number of ether oxygens (including phenoxy) is 2. The van der Waals surface area contributed by atoms with Gasteiger partial charge in [0.15, 0.2) is 0 Å². The molecule has 0 radical (unpaired) electrons. The van der Waals surface area contributed by atoms with Crippen LogP contribution < -0.4 is 15.3 Å². The van der Waals surface area contributed by atoms with E-state index in [4.69, 9.17) is 13.9 Å². The van der Waals surface area contributed by atoms with Gasteiger partial charge in [0.05, 0.1) is 31.1 Å². The largest absolute Gasteiger partial charge is 0.507 e. The van der Waals surface area contributed by atoms with Gasteiger partial charge in [-0.25, -0.2) is 4.79 Å². The predicted octanol–water partition coefficient (Wildman–Crippen LogP) is 3.25. The number of benzene rings is 2. The quantitative estimate of drug-likeness (QED) is 0.540. The van der Waals surface area contributed by atoms with E-state index in [2.05, 4.69) is 20.8 Å². The zero-order chi connectivity index (χ0) is 24.9. The van der Waals surface area contributed by atoms with E-state index in [1.165, 1.54) is 6.26 Å². The highest BCUT2D eigenvalue weighted by molar-refractivity contribution is 5.58. The van der Waals surface area contributed by atoms with Crippen LogP contribution in [0.3, 0.4) is 0 Å². The summed E-state index contributed by atoms with van der Waals surface area (Å²) >= 11 is 0. The lowest BCUT2D eigenvalue weighted by Crippen LogP contribution is -2.46. The van der Waals surface area contributed by atoms with Crippen molar-refractivity contribution in [1.29, 1.82) is 0 Å². The molecule has 0 spiro atoms. The maximum absolute atomic E-state index is 12.6. The van der Waals surface area contributed by atoms with E-state index < -0.39 is 5.63 Å². The van der Waals surface area contributed by atoms with E-state index in [1.54, 1.807) is 7.11 Å². The SMILES string of the molecule is COc1ccccc1N1CCN(Cc2coc(=O)c(CN3CCO[C@@H](c4ccccc4)C3)c2O)CC1. The molecule has 5 rings (SSSR count). The fourth-order valence-corrected chi connectivity index (χ4v) is 5.01. The smallest absolute Gasteiger partial charge is 0.343 e. The number of para-hydroxylation sites is 2. The van der Waals surface area contributed by atoms with E-state index in [1.807, 2.05) is 48.5 Å². The van der Waals surface area contributed by atoms with Gasteiger partial charge >= 0.3 is 5.63 Å². The molecule has 36 heavy (non-hydrogen) atoms. The summed E-state index contributed by atoms with van der Waals surface area (Å²) in [7, 11) is 1.69. The van der Waals surface area contributed by atoms with Gasteiger partial charge in [0.25, 0.3) is 0 Å². The maximum atomic E-state index is 12.6. The normalized spacial score (nSPS) is 19.4. The minimum atomic E-state index is -0.486. The summed E-state index contributed by atoms with van der Waals surface area (Å²) in [6.45, 7) is 6.12. The first-order valence-electron chi connectivity index (χ1n) is 12.4. The van der Waals surface area contributed by atoms with Crippen LogP contribution in [0.15, 0.2) is 70.1 Å². The number of anilines is 1. The number of piperazine rings is 1. The number of nitrogens with zero attached hydrogens (tertiary/aromatic N) is 3. The van der Waals surface area contributed by atoms with Gasteiger partial charge in [-0.1, -0.05) is 42.5 Å². The van der Waals surface area contributed by atoms with Crippen LogP contribution in [0.5, 0.6) is 11.5 Å². The van der Waals surface area contributed by atoms with Gasteiger partial charge in [-0.2, -0.15) is 0 Å². The van der Waals surface area contributed by atoms with Crippen LogP contribution in [0, 0.1) is 0 Å². The van der Waals surface area contributed by atoms with Gasteiger partial charge < -0.3 is 23.9 Å². The third-order valence-electron chi connectivity index (χ3n) is 7.04. The first kappa shape index (κ1) is 24.4. The highest BCUT2D eigenvalue weighted by atomic mass is 16.5. The fraction of sp³-hybridized carbons (Fsp3) is 0.393. The number of hydrogen-bond donors (Lipinski definition) is 1. The summed E-state index contributed by atoms with van der Waals surface area (Å²) in [6, 6.07) is 18.1. The molecule has 2 aliphatic rings. The average Bonchev–Trinajstić information content (AvgIpc) is 2.93. The second-order valence-electron chi connectivity index (χ2n) is 9.32. The summed E-state index contributed by atoms with van der Waals surface area (Å²) in [5.74, 6) is 0.914. The highest BCUT2D eigenvalue weighted by Crippen LogP contribution is 2.30. The van der Waals surface area contributed by atoms with E-state index in [9.17, 15) is 9.90 Å². The summed E-state index contributed by atoms with van der Waals surface area (Å²) in [5.41, 5.74) is 2.67. The van der Waals surface area contributed by atoms with Gasteiger partial charge in [0, 0.05) is 57.9 Å². The minimum Gasteiger partial charge on any atom is -0.507 e. The van der Waals surface area contributed by atoms with Crippen LogP contribution >= 0.6 is 0 Å². The van der Waals surface area contributed by atoms with Crippen molar-refractivity contribution in [2.45, 2.75) is 19.2 Å². The monoisotopic (exact) mass is 491 g/mol. The molecule has 0 saturated carbocycles. The number of hydrogen-bond acceptors (Lipinski definition) is 8. The standard InChI is InChI=1S/C28H33N3O5/c1-34-25-10-6-5-9-24(25)31-13-11-29(12-14-31)17-22-20-36-28(33)23(27(22)32)18-30-15-16-35-26(19-30)21-7-3-2-4-8-21/h2-10,20,26,32H,11-19H2,1H3/t26-/m1/s1. The molecule has 3 heterocycles. The van der Waals surface area contributed by atoms with E-state index in [-0.39, 0.29) is 11.9 Å². The van der Waals surface area contributed by atoms with Crippen LogP contribution in [0.1, 0.15) is 22.8 Å². The van der Waals surface area contributed by atoms with Gasteiger partial charge in [-0.3, -0.25) is 9.80 Å². The number of morpholine rings is 1. The van der Waals surface area contributed by atoms with Crippen LogP contribution in [-0.2, 0) is 17.8 Å². The van der Waals surface area contributed by atoms with E-state index >= 15 is 0 Å². The molecule has 2 saturated heterocycles. The summed E-state index contributed by atoms with van der Waals surface area (Å²) in [4.78, 5) is 19.3. The molecule has 0 unspecified atom stereocenters. The molecule has 1 aromatic heterocycles. The molecule has 3 aromatic rings. The second-order valence-corrected chi connectivity index (χ2v) is 9.32. The van der Waals surface area contributed by atoms with Crippen molar-refractivity contribution < 1.29 is 19.0 Å². The molecule has 190 valence electrons. The Bertz CT molecular complexity index is 1210. The maximum Gasteiger partial charge on any atom is 0.343 e. The van der Waals surface area contributed by atoms with Crippen molar-refractivity contribution in [2.75, 3.05) is 57.9 Å². The molecule has 0 aliphatic carbocycles. The molecule has 8 heteroatoms. The molecule has 2 aromatic carbocycles. The van der Waals surface area contributed by atoms with E-state index in [0.717, 1.165) is 43.2 Å². The topological polar surface area (TPSA) is 78.6 Å². The first-order chi connectivity index (χ1) is 17.6. The third kappa shape index (κ3) is 5.41. The molecule has 1 N–H and O–H groups in total. The van der Waals surface area contributed by atoms with Crippen LogP contribution in [0.2, 0.25) is 0 Å². The molecule has 2 fully saturated rings. The lowest BCUT2D eigenvalue weighted by Gasteiger charge is -2.36. The lowest BCUT2D eigenvalue weighted by molar-refractivity contribution is -0.0334. The third-order valence-corrected chi connectivity index (χ3v) is 7.04. The van der Waals surface area contributed by atoms with Crippen molar-refractivity contribution in [2.24, 2.45) is 0 Å².